The zero-order chi connectivity index (χ0) is 23.4. The first-order valence-electron chi connectivity index (χ1n) is 10.3. The number of halogens is 2. The van der Waals surface area contributed by atoms with Crippen LogP contribution in [0.1, 0.15) is 20.3 Å². The number of carbonyl (C=O) groups is 2. The monoisotopic (exact) mass is 470 g/mol. The number of nitrogens with one attached hydrogen (secondary N) is 3. The van der Waals surface area contributed by atoms with E-state index in [-0.39, 0.29) is 22.7 Å². The van der Waals surface area contributed by atoms with Crippen LogP contribution < -0.4 is 16.4 Å². The first-order chi connectivity index (χ1) is 15.7. The van der Waals surface area contributed by atoms with Crippen LogP contribution in [0, 0.1) is 17.7 Å². The molecule has 170 valence electrons. The minimum absolute atomic E-state index is 0.0177. The summed E-state index contributed by atoms with van der Waals surface area (Å²) in [7, 11) is 0. The van der Waals surface area contributed by atoms with Crippen molar-refractivity contribution in [3.05, 3.63) is 35.6 Å². The first kappa shape index (κ1) is 21.1. The van der Waals surface area contributed by atoms with Gasteiger partial charge in [-0.1, -0.05) is 11.6 Å². The maximum atomic E-state index is 15.2. The molecule has 1 fully saturated rings. The molecule has 3 aromatic heterocycles. The van der Waals surface area contributed by atoms with Gasteiger partial charge in [-0.3, -0.25) is 19.7 Å². The number of carbonyl (C=O) groups excluding carboxylic acids is 2. The fourth-order valence-electron chi connectivity index (χ4n) is 3.90. The molecule has 1 unspecified atom stereocenters. The zero-order valence-corrected chi connectivity index (χ0v) is 18.4. The smallest absolute Gasteiger partial charge is 0.229 e. The number of H-pyrrole nitrogens is 1. The SMILES string of the molecule is CC(C)Nc1c(F)c(Cl)c(-c2cn3cc(NC(=O)[C@@H]4CC4C(N)=O)nc3cn2)c2cn[nH]c12. The van der Waals surface area contributed by atoms with Crippen molar-refractivity contribution in [2.45, 2.75) is 26.3 Å². The van der Waals surface area contributed by atoms with Crippen LogP contribution in [0.2, 0.25) is 5.02 Å². The average Bonchev–Trinajstić information content (AvgIpc) is 3.27. The van der Waals surface area contributed by atoms with Gasteiger partial charge in [-0.25, -0.2) is 9.37 Å². The number of amides is 2. The number of nitrogens with zero attached hydrogens (tertiary/aromatic N) is 4. The lowest BCUT2D eigenvalue weighted by molar-refractivity contribution is -0.123. The van der Waals surface area contributed by atoms with Crippen LogP contribution in [0.3, 0.4) is 0 Å². The number of hydrogen-bond acceptors (Lipinski definition) is 6. The van der Waals surface area contributed by atoms with Crippen molar-refractivity contribution in [1.82, 2.24) is 24.6 Å². The number of aromatic amines is 1. The Morgan fingerprint density at radius 3 is 2.79 bits per heavy atom. The highest BCUT2D eigenvalue weighted by Crippen LogP contribution is 2.41. The molecular formula is C21H20ClFN8O2. The van der Waals surface area contributed by atoms with Crippen LogP contribution in [0.25, 0.3) is 27.8 Å². The highest BCUT2D eigenvalue weighted by Gasteiger charge is 2.47. The number of hydrogen-bond donors (Lipinski definition) is 4. The van der Waals surface area contributed by atoms with Gasteiger partial charge in [0.25, 0.3) is 0 Å². The van der Waals surface area contributed by atoms with Crippen LogP contribution in [0.4, 0.5) is 15.9 Å². The molecule has 1 saturated carbocycles. The van der Waals surface area contributed by atoms with Crippen LogP contribution >= 0.6 is 11.6 Å². The van der Waals surface area contributed by atoms with E-state index < -0.39 is 23.6 Å². The van der Waals surface area contributed by atoms with E-state index in [1.165, 1.54) is 6.20 Å². The van der Waals surface area contributed by atoms with E-state index in [9.17, 15) is 9.59 Å². The third kappa shape index (κ3) is 3.63. The van der Waals surface area contributed by atoms with Gasteiger partial charge in [-0.05, 0) is 20.3 Å². The highest BCUT2D eigenvalue weighted by atomic mass is 35.5. The number of primary amides is 1. The number of imidazole rings is 1. The largest absolute Gasteiger partial charge is 0.379 e. The van der Waals surface area contributed by atoms with Crippen molar-refractivity contribution in [1.29, 1.82) is 0 Å². The van der Waals surface area contributed by atoms with Crippen LogP contribution in [0.5, 0.6) is 0 Å². The molecule has 2 amide bonds. The molecule has 1 aromatic carbocycles. The normalized spacial score (nSPS) is 17.6. The maximum absolute atomic E-state index is 15.2. The van der Waals surface area contributed by atoms with Crippen LogP contribution in [0.15, 0.2) is 24.8 Å². The molecular weight excluding hydrogens is 451 g/mol. The Morgan fingerprint density at radius 2 is 2.09 bits per heavy atom. The predicted molar refractivity (Wildman–Crippen MR) is 121 cm³/mol. The average molecular weight is 471 g/mol. The second-order valence-electron chi connectivity index (χ2n) is 8.34. The molecule has 5 N–H and O–H groups in total. The Kier molecular flexibility index (Phi) is 4.93. The Bertz CT molecular complexity index is 1430. The molecule has 1 aliphatic carbocycles. The van der Waals surface area contributed by atoms with Crippen molar-refractivity contribution in [3.63, 3.8) is 0 Å². The van der Waals surface area contributed by atoms with Gasteiger partial charge in [0.05, 0.1) is 52.3 Å². The summed E-state index contributed by atoms with van der Waals surface area (Å²) < 4.78 is 16.8. The molecule has 4 aromatic rings. The summed E-state index contributed by atoms with van der Waals surface area (Å²) in [6.07, 6.45) is 6.74. The first-order valence-corrected chi connectivity index (χ1v) is 10.7. The lowest BCUT2D eigenvalue weighted by Crippen LogP contribution is -2.20. The quantitative estimate of drug-likeness (QED) is 0.341. The van der Waals surface area contributed by atoms with E-state index in [2.05, 4.69) is 30.8 Å². The molecule has 3 heterocycles. The molecule has 1 aliphatic rings. The maximum Gasteiger partial charge on any atom is 0.229 e. The molecule has 12 heteroatoms. The number of fused-ring (bicyclic) bond motifs is 2. The minimum atomic E-state index is -0.606. The Hall–Kier alpha value is -3.73. The number of anilines is 2. The fraction of sp³-hybridized carbons (Fsp3) is 0.286. The summed E-state index contributed by atoms with van der Waals surface area (Å²) in [5, 5.41) is 13.2. The molecule has 0 radical (unpaired) electrons. The van der Waals surface area contributed by atoms with E-state index in [1.807, 2.05) is 13.8 Å². The van der Waals surface area contributed by atoms with Gasteiger partial charge in [0.1, 0.15) is 0 Å². The van der Waals surface area contributed by atoms with E-state index in [0.717, 1.165) is 0 Å². The lowest BCUT2D eigenvalue weighted by atomic mass is 10.1. The molecule has 33 heavy (non-hydrogen) atoms. The molecule has 0 aliphatic heterocycles. The summed E-state index contributed by atoms with van der Waals surface area (Å²) in [6.45, 7) is 3.79. The van der Waals surface area contributed by atoms with Gasteiger partial charge in [-0.2, -0.15) is 5.10 Å². The molecule has 5 rings (SSSR count). The fourth-order valence-corrected chi connectivity index (χ4v) is 4.19. The second-order valence-corrected chi connectivity index (χ2v) is 8.72. The second kappa shape index (κ2) is 7.69. The summed E-state index contributed by atoms with van der Waals surface area (Å²) >= 11 is 6.44. The van der Waals surface area contributed by atoms with Gasteiger partial charge in [-0.15, -0.1) is 0 Å². The zero-order valence-electron chi connectivity index (χ0n) is 17.7. The Balaban J connectivity index is 1.51. The third-order valence-electron chi connectivity index (χ3n) is 5.56. The number of benzene rings is 1. The van der Waals surface area contributed by atoms with Crippen molar-refractivity contribution in [2.24, 2.45) is 17.6 Å². The number of aromatic nitrogens is 5. The van der Waals surface area contributed by atoms with Crippen LogP contribution in [-0.4, -0.2) is 42.4 Å². The summed E-state index contributed by atoms with van der Waals surface area (Å²) in [6, 6.07) is -0.0177. The molecule has 0 bridgehead atoms. The Labute approximate surface area is 191 Å². The number of nitrogens with two attached hydrogens (primary N) is 1. The van der Waals surface area contributed by atoms with Gasteiger partial charge in [0, 0.05) is 23.2 Å². The van der Waals surface area contributed by atoms with E-state index in [1.54, 1.807) is 23.0 Å². The van der Waals surface area contributed by atoms with Crippen molar-refractivity contribution >= 4 is 51.5 Å². The summed E-state index contributed by atoms with van der Waals surface area (Å²) in [5.74, 6) is -1.97. The standard InChI is InChI=1S/C21H20ClFN8O2/c1-8(2)27-19-17(23)16(22)15(11-4-26-30-18(11)19)12-6-31-7-13(28-14(31)5-25-12)29-21(33)10-3-9(10)20(24)32/h4-10,27H,3H2,1-2H3,(H2,24,32)(H,26,30)(H,29,33)/t9?,10-/m1/s1. The van der Waals surface area contributed by atoms with Crippen molar-refractivity contribution < 1.29 is 14.0 Å². The topological polar surface area (TPSA) is 143 Å². The summed E-state index contributed by atoms with van der Waals surface area (Å²) in [4.78, 5) is 32.2. The van der Waals surface area contributed by atoms with Gasteiger partial charge in [0.2, 0.25) is 11.8 Å². The minimum Gasteiger partial charge on any atom is -0.379 e. The lowest BCUT2D eigenvalue weighted by Gasteiger charge is -2.15. The molecule has 2 atom stereocenters. The molecule has 0 spiro atoms. The molecule has 0 saturated heterocycles. The van der Waals surface area contributed by atoms with E-state index >= 15 is 4.39 Å². The summed E-state index contributed by atoms with van der Waals surface area (Å²) in [5.41, 5.74) is 7.23. The van der Waals surface area contributed by atoms with E-state index in [4.69, 9.17) is 17.3 Å². The van der Waals surface area contributed by atoms with Gasteiger partial charge in [0.15, 0.2) is 17.3 Å². The third-order valence-corrected chi connectivity index (χ3v) is 5.92. The molecule has 10 nitrogen and oxygen atoms in total. The number of rotatable bonds is 6. The van der Waals surface area contributed by atoms with E-state index in [0.29, 0.717) is 40.0 Å². The Morgan fingerprint density at radius 1 is 1.30 bits per heavy atom. The predicted octanol–water partition coefficient (Wildman–Crippen LogP) is 2.95. The van der Waals surface area contributed by atoms with Crippen molar-refractivity contribution in [2.75, 3.05) is 10.6 Å². The van der Waals surface area contributed by atoms with Crippen molar-refractivity contribution in [3.8, 4) is 11.3 Å². The van der Waals surface area contributed by atoms with Gasteiger partial charge < -0.3 is 20.8 Å². The highest BCUT2D eigenvalue weighted by molar-refractivity contribution is 6.35. The van der Waals surface area contributed by atoms with Crippen LogP contribution in [-0.2, 0) is 9.59 Å². The van der Waals surface area contributed by atoms with Gasteiger partial charge >= 0.3 is 0 Å².